The van der Waals surface area contributed by atoms with Crippen molar-refractivity contribution in [2.75, 3.05) is 26.2 Å². The largest absolute Gasteiger partial charge is 0.393 e. The van der Waals surface area contributed by atoms with E-state index in [1.54, 1.807) is 0 Å². The highest BCUT2D eigenvalue weighted by molar-refractivity contribution is 5.12. The van der Waals surface area contributed by atoms with E-state index in [1.165, 1.54) is 57.8 Å². The van der Waals surface area contributed by atoms with Gasteiger partial charge < -0.3 is 15.3 Å². The van der Waals surface area contributed by atoms with Crippen LogP contribution < -0.4 is 5.32 Å². The van der Waals surface area contributed by atoms with E-state index in [4.69, 9.17) is 0 Å². The molecule has 3 nitrogen and oxygen atoms in total. The van der Waals surface area contributed by atoms with E-state index in [0.29, 0.717) is 22.8 Å². The van der Waals surface area contributed by atoms with Gasteiger partial charge in [0.1, 0.15) is 0 Å². The van der Waals surface area contributed by atoms with E-state index in [1.807, 2.05) is 0 Å². The van der Waals surface area contributed by atoms with Gasteiger partial charge in [-0.05, 0) is 117 Å². The maximum absolute atomic E-state index is 10.7. The van der Waals surface area contributed by atoms with Crippen LogP contribution >= 0.6 is 0 Å². The van der Waals surface area contributed by atoms with Gasteiger partial charge in [0.2, 0.25) is 0 Å². The summed E-state index contributed by atoms with van der Waals surface area (Å²) >= 11 is 0. The maximum atomic E-state index is 10.7. The second-order valence-electron chi connectivity index (χ2n) is 14.8. The normalized spacial score (nSPS) is 43.3. The van der Waals surface area contributed by atoms with E-state index in [9.17, 15) is 5.11 Å². The zero-order chi connectivity index (χ0) is 26.1. The molecular weight excluding hydrogens is 440 g/mol. The van der Waals surface area contributed by atoms with E-state index >= 15 is 0 Å². The Hall–Kier alpha value is -0.120. The van der Waals surface area contributed by atoms with Gasteiger partial charge in [-0.15, -0.1) is 0 Å². The minimum atomic E-state index is -0.0805. The highest BCUT2D eigenvalue weighted by Crippen LogP contribution is 2.68. The molecule has 0 aliphatic heterocycles. The molecule has 4 saturated carbocycles. The van der Waals surface area contributed by atoms with Gasteiger partial charge in [-0.2, -0.15) is 0 Å². The van der Waals surface area contributed by atoms with Crippen LogP contribution in [0.4, 0.5) is 0 Å². The molecule has 36 heavy (non-hydrogen) atoms. The minimum absolute atomic E-state index is 0.0805. The number of aliphatic hydroxyl groups excluding tert-OH is 1. The number of hydrogen-bond donors (Lipinski definition) is 2. The zero-order valence-electron chi connectivity index (χ0n) is 25.2. The van der Waals surface area contributed by atoms with Gasteiger partial charge in [0.15, 0.2) is 0 Å². The first kappa shape index (κ1) is 28.9. The molecule has 0 aromatic carbocycles. The number of hydrogen-bond acceptors (Lipinski definition) is 3. The smallest absolute Gasteiger partial charge is 0.0543 e. The summed E-state index contributed by atoms with van der Waals surface area (Å²) in [5.41, 5.74) is 0.971. The fourth-order valence-electron chi connectivity index (χ4n) is 10.5. The average Bonchev–Trinajstić information content (AvgIpc) is 3.20. The second-order valence-corrected chi connectivity index (χ2v) is 14.8. The SMILES string of the molecule is CCN(CC)CCN[C@H]1C[C@@H]2[C@H](CC[C@]3(C)[C@@H]([C@H](C)CCCC(C)C)CC[C@@H]23)[C@@]2(C)CC[C@H](O)C[C@H]12. The highest BCUT2D eigenvalue weighted by atomic mass is 16.3. The Morgan fingerprint density at radius 1 is 0.861 bits per heavy atom. The van der Waals surface area contributed by atoms with Gasteiger partial charge >= 0.3 is 0 Å². The quantitative estimate of drug-likeness (QED) is 0.309. The first-order valence-electron chi connectivity index (χ1n) is 16.3. The van der Waals surface area contributed by atoms with Crippen molar-refractivity contribution in [2.45, 2.75) is 131 Å². The van der Waals surface area contributed by atoms with Crippen LogP contribution in [0, 0.1) is 52.3 Å². The molecule has 0 aromatic rings. The molecule has 2 N–H and O–H groups in total. The van der Waals surface area contributed by atoms with Crippen LogP contribution in [0.15, 0.2) is 0 Å². The number of aliphatic hydroxyl groups is 1. The summed E-state index contributed by atoms with van der Waals surface area (Å²) < 4.78 is 0. The number of nitrogens with one attached hydrogen (secondary N) is 1. The Morgan fingerprint density at radius 2 is 1.56 bits per heavy atom. The molecule has 0 saturated heterocycles. The lowest BCUT2D eigenvalue weighted by Gasteiger charge is -2.63. The summed E-state index contributed by atoms with van der Waals surface area (Å²) in [7, 11) is 0. The second kappa shape index (κ2) is 12.0. The van der Waals surface area contributed by atoms with Gasteiger partial charge in [0, 0.05) is 19.1 Å². The molecular formula is C33H62N2O. The molecule has 10 atom stereocenters. The van der Waals surface area contributed by atoms with Crippen molar-refractivity contribution in [3.05, 3.63) is 0 Å². The molecule has 0 radical (unpaired) electrons. The molecule has 210 valence electrons. The fraction of sp³-hybridized carbons (Fsp3) is 1.00. The number of likely N-dealkylation sites (N-methyl/N-ethyl adjacent to an activating group) is 1. The summed E-state index contributed by atoms with van der Waals surface area (Å²) in [5, 5.41) is 14.8. The lowest BCUT2D eigenvalue weighted by molar-refractivity contribution is -0.141. The Morgan fingerprint density at radius 3 is 2.25 bits per heavy atom. The van der Waals surface area contributed by atoms with Gasteiger partial charge in [-0.25, -0.2) is 0 Å². The predicted octanol–water partition coefficient (Wildman–Crippen LogP) is 7.38. The summed E-state index contributed by atoms with van der Waals surface area (Å²) in [6.07, 6.45) is 14.7. The molecule has 4 rings (SSSR count). The molecule has 0 amide bonds. The van der Waals surface area contributed by atoms with Crippen molar-refractivity contribution in [1.82, 2.24) is 10.2 Å². The van der Waals surface area contributed by atoms with Gasteiger partial charge in [0.05, 0.1) is 6.10 Å². The molecule has 0 unspecified atom stereocenters. The molecule has 0 aromatic heterocycles. The van der Waals surface area contributed by atoms with E-state index in [0.717, 1.165) is 74.5 Å². The van der Waals surface area contributed by atoms with Gasteiger partial charge in [0.25, 0.3) is 0 Å². The molecule has 4 fully saturated rings. The molecule has 0 bridgehead atoms. The van der Waals surface area contributed by atoms with E-state index in [2.05, 4.69) is 58.7 Å². The Balaban J connectivity index is 1.50. The topological polar surface area (TPSA) is 35.5 Å². The highest BCUT2D eigenvalue weighted by Gasteiger charge is 2.62. The van der Waals surface area contributed by atoms with Crippen LogP contribution in [0.25, 0.3) is 0 Å². The van der Waals surface area contributed by atoms with E-state index in [-0.39, 0.29) is 6.10 Å². The van der Waals surface area contributed by atoms with Crippen molar-refractivity contribution in [2.24, 2.45) is 52.3 Å². The lowest BCUT2D eigenvalue weighted by Crippen LogP contribution is -2.61. The average molecular weight is 503 g/mol. The summed E-state index contributed by atoms with van der Waals surface area (Å²) in [4.78, 5) is 2.55. The molecule has 4 aliphatic carbocycles. The van der Waals surface area contributed by atoms with Crippen molar-refractivity contribution in [3.8, 4) is 0 Å². The zero-order valence-corrected chi connectivity index (χ0v) is 25.2. The monoisotopic (exact) mass is 502 g/mol. The van der Waals surface area contributed by atoms with Crippen molar-refractivity contribution in [1.29, 1.82) is 0 Å². The summed E-state index contributed by atoms with van der Waals surface area (Å²) in [6, 6.07) is 0.589. The fourth-order valence-corrected chi connectivity index (χ4v) is 10.5. The van der Waals surface area contributed by atoms with Crippen LogP contribution in [-0.4, -0.2) is 48.3 Å². The summed E-state index contributed by atoms with van der Waals surface area (Å²) in [5.74, 6) is 6.00. The molecule has 4 aliphatic rings. The maximum Gasteiger partial charge on any atom is 0.0543 e. The lowest BCUT2D eigenvalue weighted by atomic mass is 9.43. The first-order valence-corrected chi connectivity index (χ1v) is 16.3. The van der Waals surface area contributed by atoms with Crippen LogP contribution in [-0.2, 0) is 0 Å². The Labute approximate surface area is 224 Å². The summed E-state index contributed by atoms with van der Waals surface area (Å²) in [6.45, 7) is 21.9. The third-order valence-electron chi connectivity index (χ3n) is 12.6. The minimum Gasteiger partial charge on any atom is -0.393 e. The number of nitrogens with zero attached hydrogens (tertiary/aromatic N) is 1. The molecule has 0 spiro atoms. The van der Waals surface area contributed by atoms with Gasteiger partial charge in [-0.1, -0.05) is 67.7 Å². The standard InChI is InChI=1S/C33H62N2O/c1-8-35(9-2)20-19-34-31-22-26-28-14-13-27(24(5)12-10-11-23(3)4)32(28,6)18-16-29(26)33(7)17-15-25(36)21-30(31)33/h23-31,34,36H,8-22H2,1-7H3/t24-,25+,26+,27-,28+,29+,30-,31+,32-,33-/m1/s1. The predicted molar refractivity (Wildman–Crippen MR) is 154 cm³/mol. The third-order valence-corrected chi connectivity index (χ3v) is 12.6. The number of fused-ring (bicyclic) bond motifs is 5. The van der Waals surface area contributed by atoms with E-state index < -0.39 is 0 Å². The van der Waals surface area contributed by atoms with Crippen LogP contribution in [0.3, 0.4) is 0 Å². The Kier molecular flexibility index (Phi) is 9.59. The van der Waals surface area contributed by atoms with Crippen molar-refractivity contribution >= 4 is 0 Å². The van der Waals surface area contributed by atoms with Crippen molar-refractivity contribution < 1.29 is 5.11 Å². The van der Waals surface area contributed by atoms with Gasteiger partial charge in [-0.3, -0.25) is 0 Å². The van der Waals surface area contributed by atoms with Crippen LogP contribution in [0.2, 0.25) is 0 Å². The Bertz CT molecular complexity index is 691. The van der Waals surface area contributed by atoms with Crippen LogP contribution in [0.1, 0.15) is 119 Å². The van der Waals surface area contributed by atoms with Crippen molar-refractivity contribution in [3.63, 3.8) is 0 Å². The molecule has 0 heterocycles. The van der Waals surface area contributed by atoms with Crippen LogP contribution in [0.5, 0.6) is 0 Å². The first-order chi connectivity index (χ1) is 17.1. The third kappa shape index (κ3) is 5.60. The number of rotatable bonds is 11. The molecule has 3 heteroatoms.